The number of carbonyl (C=O) groups excluding carboxylic acids is 1. The minimum Gasteiger partial charge on any atom is -0.497 e. The summed E-state index contributed by atoms with van der Waals surface area (Å²) in [6.07, 6.45) is 3.14. The third-order valence-electron chi connectivity index (χ3n) is 6.34. The van der Waals surface area contributed by atoms with Crippen LogP contribution in [0.2, 0.25) is 0 Å². The Bertz CT molecular complexity index is 887. The zero-order valence-electron chi connectivity index (χ0n) is 15.4. The molecule has 1 N–H and O–H groups in total. The third-order valence-corrected chi connectivity index (χ3v) is 7.30. The molecule has 3 atom stereocenters. The molecule has 2 aliphatic rings. The van der Waals surface area contributed by atoms with Crippen LogP contribution >= 0.6 is 0 Å². The molecule has 1 aromatic carbocycles. The van der Waals surface area contributed by atoms with Crippen LogP contribution in [0.4, 0.5) is 0 Å². The van der Waals surface area contributed by atoms with E-state index in [2.05, 4.69) is 0 Å². The first-order chi connectivity index (χ1) is 12.1. The van der Waals surface area contributed by atoms with E-state index >= 15 is 0 Å². The van der Waals surface area contributed by atoms with Crippen molar-refractivity contribution in [3.63, 3.8) is 0 Å². The predicted octanol–water partition coefficient (Wildman–Crippen LogP) is 2.98. The topological polar surface area (TPSA) is 89.9 Å². The Morgan fingerprint density at radius 3 is 2.54 bits per heavy atom. The van der Waals surface area contributed by atoms with Crippen molar-refractivity contribution in [2.24, 2.45) is 16.7 Å². The fourth-order valence-electron chi connectivity index (χ4n) is 4.68. The lowest BCUT2D eigenvalue weighted by atomic mass is 9.70. The van der Waals surface area contributed by atoms with Crippen LogP contribution < -0.4 is 9.47 Å². The Labute approximate surface area is 153 Å². The van der Waals surface area contributed by atoms with Crippen molar-refractivity contribution in [2.45, 2.75) is 26.7 Å². The van der Waals surface area contributed by atoms with Gasteiger partial charge in [0.15, 0.2) is 5.78 Å². The van der Waals surface area contributed by atoms with Gasteiger partial charge in [-0.2, -0.15) is 8.42 Å². The number of rotatable bonds is 5. The van der Waals surface area contributed by atoms with Gasteiger partial charge in [-0.25, -0.2) is 0 Å². The van der Waals surface area contributed by atoms with Crippen molar-refractivity contribution >= 4 is 22.0 Å². The van der Waals surface area contributed by atoms with Gasteiger partial charge < -0.3 is 9.47 Å². The van der Waals surface area contributed by atoms with Crippen molar-refractivity contribution in [1.82, 2.24) is 0 Å². The van der Waals surface area contributed by atoms with E-state index in [-0.39, 0.29) is 11.7 Å². The second-order valence-corrected chi connectivity index (χ2v) is 9.06. The molecule has 7 heteroatoms. The van der Waals surface area contributed by atoms with E-state index in [9.17, 15) is 17.8 Å². The maximum atomic E-state index is 13.1. The molecule has 0 radical (unpaired) electrons. The largest absolute Gasteiger partial charge is 0.497 e. The number of fused-ring (bicyclic) bond motifs is 2. The fraction of sp³-hybridized carbons (Fsp3) is 0.526. The number of benzene rings is 1. The van der Waals surface area contributed by atoms with E-state index in [0.29, 0.717) is 23.5 Å². The van der Waals surface area contributed by atoms with Crippen molar-refractivity contribution in [1.29, 1.82) is 0 Å². The molecule has 0 aliphatic heterocycles. The minimum absolute atomic E-state index is 0.0437. The molecule has 0 aromatic heterocycles. The smallest absolute Gasteiger partial charge is 0.265 e. The van der Waals surface area contributed by atoms with Crippen molar-refractivity contribution in [3.05, 3.63) is 29.3 Å². The second kappa shape index (κ2) is 6.09. The number of ether oxygens (including phenoxy) is 2. The SMILES string of the molecule is COc1ccc(/C=C2/C(=O)C3(C)CCC2C3(C)CS(=O)(=O)O)c(OC)c1. The standard InChI is InChI=1S/C19H24O6S/c1-18-8-7-15(19(18,2)11-26(21,22)23)14(17(18)20)9-12-5-6-13(24-3)10-16(12)25-4/h5-6,9-10,15H,7-8,11H2,1-4H3,(H,21,22,23)/b14-9+. The Morgan fingerprint density at radius 2 is 1.96 bits per heavy atom. The predicted molar refractivity (Wildman–Crippen MR) is 97.9 cm³/mol. The number of allylic oxidation sites excluding steroid dienone is 1. The fourth-order valence-corrected chi connectivity index (χ4v) is 5.96. The first-order valence-corrected chi connectivity index (χ1v) is 10.1. The Kier molecular flexibility index (Phi) is 4.43. The molecule has 1 aromatic rings. The minimum atomic E-state index is -4.19. The van der Waals surface area contributed by atoms with Gasteiger partial charge in [-0.3, -0.25) is 9.35 Å². The molecule has 3 rings (SSSR count). The number of methoxy groups -OCH3 is 2. The molecule has 2 aliphatic carbocycles. The summed E-state index contributed by atoms with van der Waals surface area (Å²) in [5.74, 6) is 0.552. The van der Waals surface area contributed by atoms with Crippen molar-refractivity contribution in [2.75, 3.05) is 20.0 Å². The third kappa shape index (κ3) is 2.74. The number of ketones is 1. The Balaban J connectivity index is 2.08. The number of carbonyl (C=O) groups is 1. The van der Waals surface area contributed by atoms with Gasteiger partial charge in [0.05, 0.1) is 20.0 Å². The summed E-state index contributed by atoms with van der Waals surface area (Å²) in [6.45, 7) is 3.61. The normalized spacial score (nSPS) is 32.3. The van der Waals surface area contributed by atoms with E-state index in [1.54, 1.807) is 39.4 Å². The van der Waals surface area contributed by atoms with E-state index < -0.39 is 26.7 Å². The van der Waals surface area contributed by atoms with E-state index in [1.807, 2.05) is 13.0 Å². The van der Waals surface area contributed by atoms with E-state index in [4.69, 9.17) is 9.47 Å². The first kappa shape index (κ1) is 18.9. The van der Waals surface area contributed by atoms with Gasteiger partial charge in [-0.15, -0.1) is 0 Å². The molecule has 142 valence electrons. The van der Waals surface area contributed by atoms with Crippen molar-refractivity contribution in [3.8, 4) is 11.5 Å². The molecule has 6 nitrogen and oxygen atoms in total. The first-order valence-electron chi connectivity index (χ1n) is 8.49. The summed E-state index contributed by atoms with van der Waals surface area (Å²) < 4.78 is 43.2. The lowest BCUT2D eigenvalue weighted by Crippen LogP contribution is -2.40. The van der Waals surface area contributed by atoms with Crippen LogP contribution in [-0.4, -0.2) is 38.7 Å². The van der Waals surface area contributed by atoms with Crippen LogP contribution in [0.25, 0.3) is 6.08 Å². The molecule has 2 fully saturated rings. The van der Waals surface area contributed by atoms with Crippen LogP contribution in [0.3, 0.4) is 0 Å². The van der Waals surface area contributed by atoms with Crippen molar-refractivity contribution < 1.29 is 27.2 Å². The molecule has 26 heavy (non-hydrogen) atoms. The quantitative estimate of drug-likeness (QED) is 0.624. The molecular formula is C19H24O6S. The summed E-state index contributed by atoms with van der Waals surface area (Å²) >= 11 is 0. The van der Waals surface area contributed by atoms with Gasteiger partial charge in [0.25, 0.3) is 10.1 Å². The zero-order chi connectivity index (χ0) is 19.3. The molecule has 2 bridgehead atoms. The van der Waals surface area contributed by atoms with Crippen LogP contribution in [-0.2, 0) is 14.9 Å². The van der Waals surface area contributed by atoms with Crippen LogP contribution in [0, 0.1) is 16.7 Å². The second-order valence-electron chi connectivity index (χ2n) is 7.60. The van der Waals surface area contributed by atoms with Gasteiger partial charge in [0.1, 0.15) is 11.5 Å². The lowest BCUT2D eigenvalue weighted by Gasteiger charge is -2.34. The number of hydrogen-bond donors (Lipinski definition) is 1. The van der Waals surface area contributed by atoms with Crippen LogP contribution in [0.5, 0.6) is 11.5 Å². The van der Waals surface area contributed by atoms with E-state index in [1.165, 1.54) is 0 Å². The summed E-state index contributed by atoms with van der Waals surface area (Å²) in [6, 6.07) is 5.33. The maximum absolute atomic E-state index is 13.1. The molecule has 3 unspecified atom stereocenters. The number of Topliss-reactive ketones (excluding diaryl/α,β-unsaturated/α-hetero) is 1. The van der Waals surface area contributed by atoms with Crippen LogP contribution in [0.15, 0.2) is 23.8 Å². The molecule has 0 heterocycles. The average molecular weight is 380 g/mol. The summed E-state index contributed by atoms with van der Waals surface area (Å²) in [5.41, 5.74) is -0.266. The molecule has 0 spiro atoms. The highest BCUT2D eigenvalue weighted by molar-refractivity contribution is 7.85. The summed E-state index contributed by atoms with van der Waals surface area (Å²) in [5, 5.41) is 0. The Morgan fingerprint density at radius 1 is 1.27 bits per heavy atom. The molecule has 0 saturated heterocycles. The maximum Gasteiger partial charge on any atom is 0.265 e. The summed E-state index contributed by atoms with van der Waals surface area (Å²) in [7, 11) is -1.08. The van der Waals surface area contributed by atoms with Gasteiger partial charge >= 0.3 is 0 Å². The van der Waals surface area contributed by atoms with Crippen LogP contribution in [0.1, 0.15) is 32.3 Å². The molecule has 0 amide bonds. The molecule has 2 saturated carbocycles. The van der Waals surface area contributed by atoms with Gasteiger partial charge in [0, 0.05) is 28.0 Å². The highest BCUT2D eigenvalue weighted by atomic mass is 32.2. The number of hydrogen-bond acceptors (Lipinski definition) is 5. The lowest BCUT2D eigenvalue weighted by molar-refractivity contribution is -0.125. The van der Waals surface area contributed by atoms with Gasteiger partial charge in [-0.05, 0) is 37.0 Å². The highest BCUT2D eigenvalue weighted by Crippen LogP contribution is 2.66. The van der Waals surface area contributed by atoms with E-state index in [0.717, 1.165) is 12.0 Å². The summed E-state index contributed by atoms with van der Waals surface area (Å²) in [4.78, 5) is 13.1. The van der Waals surface area contributed by atoms with Gasteiger partial charge in [-0.1, -0.05) is 13.8 Å². The highest BCUT2D eigenvalue weighted by Gasteiger charge is 2.67. The average Bonchev–Trinajstić information content (AvgIpc) is 2.88. The zero-order valence-corrected chi connectivity index (χ0v) is 16.2. The Hall–Kier alpha value is -1.86. The molecular weight excluding hydrogens is 356 g/mol. The monoisotopic (exact) mass is 380 g/mol. The van der Waals surface area contributed by atoms with Gasteiger partial charge in [0.2, 0.25) is 0 Å².